The molecule has 26 heavy (non-hydrogen) atoms. The fraction of sp³-hybridized carbons (Fsp3) is 0.300. The Morgan fingerprint density at radius 2 is 1.92 bits per heavy atom. The second kappa shape index (κ2) is 7.38. The molecule has 0 radical (unpaired) electrons. The van der Waals surface area contributed by atoms with Crippen LogP contribution in [-0.2, 0) is 4.79 Å². The maximum absolute atomic E-state index is 13.0. The van der Waals surface area contributed by atoms with Crippen LogP contribution < -0.4 is 9.64 Å². The Bertz CT molecular complexity index is 853. The number of aryl methyl sites for hydroxylation is 1. The molecule has 0 aromatic heterocycles. The first-order chi connectivity index (χ1) is 12.4. The molecule has 2 aromatic rings. The molecule has 0 aliphatic carbocycles. The monoisotopic (exact) mass is 372 g/mol. The lowest BCUT2D eigenvalue weighted by Gasteiger charge is -2.39. The molecule has 2 amide bonds. The topological polar surface area (TPSA) is 49.9 Å². The molecule has 3 rings (SSSR count). The minimum absolute atomic E-state index is 0.123. The van der Waals surface area contributed by atoms with Crippen LogP contribution in [0.4, 0.5) is 5.69 Å². The molecule has 136 valence electrons. The lowest BCUT2D eigenvalue weighted by atomic mass is 10.0. The van der Waals surface area contributed by atoms with Crippen molar-refractivity contribution in [2.75, 3.05) is 25.1 Å². The average Bonchev–Trinajstić information content (AvgIpc) is 2.64. The summed E-state index contributed by atoms with van der Waals surface area (Å²) in [6.45, 7) is 4.47. The van der Waals surface area contributed by atoms with Crippen molar-refractivity contribution in [3.63, 3.8) is 0 Å². The van der Waals surface area contributed by atoms with Crippen molar-refractivity contribution in [2.45, 2.75) is 19.9 Å². The van der Waals surface area contributed by atoms with Crippen molar-refractivity contribution in [1.82, 2.24) is 4.90 Å². The highest BCUT2D eigenvalue weighted by Gasteiger charge is 2.36. The number of anilines is 1. The van der Waals surface area contributed by atoms with Gasteiger partial charge in [0.25, 0.3) is 5.91 Å². The van der Waals surface area contributed by atoms with Gasteiger partial charge in [-0.05, 0) is 43.7 Å². The molecule has 1 aliphatic rings. The first kappa shape index (κ1) is 18.3. The van der Waals surface area contributed by atoms with Crippen LogP contribution in [0.1, 0.15) is 22.8 Å². The Labute approximate surface area is 158 Å². The fourth-order valence-corrected chi connectivity index (χ4v) is 3.40. The van der Waals surface area contributed by atoms with Crippen molar-refractivity contribution >= 4 is 29.1 Å². The number of methoxy groups -OCH3 is 1. The summed E-state index contributed by atoms with van der Waals surface area (Å²) >= 11 is 6.10. The zero-order valence-electron chi connectivity index (χ0n) is 15.0. The molecule has 5 nitrogen and oxygen atoms in total. The third-order valence-electron chi connectivity index (χ3n) is 4.72. The summed E-state index contributed by atoms with van der Waals surface area (Å²) in [5.41, 5.74) is 2.15. The Kier molecular flexibility index (Phi) is 5.18. The van der Waals surface area contributed by atoms with Gasteiger partial charge in [-0.2, -0.15) is 0 Å². The van der Waals surface area contributed by atoms with Crippen molar-refractivity contribution < 1.29 is 14.3 Å². The zero-order valence-corrected chi connectivity index (χ0v) is 15.8. The van der Waals surface area contributed by atoms with Crippen LogP contribution >= 0.6 is 11.6 Å². The lowest BCUT2D eigenvalue weighted by molar-refractivity contribution is -0.124. The van der Waals surface area contributed by atoms with Gasteiger partial charge in [0, 0.05) is 23.7 Å². The van der Waals surface area contributed by atoms with Crippen molar-refractivity contribution in [2.24, 2.45) is 0 Å². The first-order valence-electron chi connectivity index (χ1n) is 8.45. The van der Waals surface area contributed by atoms with E-state index in [4.69, 9.17) is 16.3 Å². The van der Waals surface area contributed by atoms with E-state index in [0.29, 0.717) is 35.1 Å². The van der Waals surface area contributed by atoms with E-state index in [1.54, 1.807) is 48.1 Å². The van der Waals surface area contributed by atoms with Gasteiger partial charge in [-0.3, -0.25) is 9.59 Å². The molecule has 1 heterocycles. The van der Waals surface area contributed by atoms with Crippen molar-refractivity contribution in [3.8, 4) is 5.75 Å². The molecule has 0 saturated carbocycles. The highest BCUT2D eigenvalue weighted by Crippen LogP contribution is 2.33. The Balaban J connectivity index is 1.87. The summed E-state index contributed by atoms with van der Waals surface area (Å²) < 4.78 is 5.36. The normalized spacial score (nSPS) is 17.4. The number of piperazine rings is 1. The minimum atomic E-state index is -0.570. The van der Waals surface area contributed by atoms with Gasteiger partial charge >= 0.3 is 0 Å². The van der Waals surface area contributed by atoms with Crippen LogP contribution in [0, 0.1) is 6.92 Å². The third-order valence-corrected chi connectivity index (χ3v) is 4.96. The van der Waals surface area contributed by atoms with Gasteiger partial charge in [0.2, 0.25) is 5.91 Å². The summed E-state index contributed by atoms with van der Waals surface area (Å²) in [6, 6.07) is 12.0. The molecule has 0 N–H and O–H groups in total. The van der Waals surface area contributed by atoms with Crippen LogP contribution in [0.25, 0.3) is 0 Å². The van der Waals surface area contributed by atoms with E-state index < -0.39 is 6.04 Å². The van der Waals surface area contributed by atoms with Crippen LogP contribution in [0.2, 0.25) is 5.02 Å². The van der Waals surface area contributed by atoms with Crippen LogP contribution in [0.5, 0.6) is 5.75 Å². The molecule has 0 unspecified atom stereocenters. The van der Waals surface area contributed by atoms with Gasteiger partial charge < -0.3 is 14.5 Å². The number of rotatable bonds is 3. The summed E-state index contributed by atoms with van der Waals surface area (Å²) in [6.07, 6.45) is 0. The van der Waals surface area contributed by atoms with E-state index in [2.05, 4.69) is 0 Å². The third kappa shape index (κ3) is 3.27. The lowest BCUT2D eigenvalue weighted by Crippen LogP contribution is -2.57. The molecule has 0 bridgehead atoms. The largest absolute Gasteiger partial charge is 0.495 e. The number of carbonyl (C=O) groups is 2. The molecule has 0 spiro atoms. The minimum Gasteiger partial charge on any atom is -0.495 e. The molecule has 1 fully saturated rings. The molecular formula is C20H21ClN2O3. The zero-order chi connectivity index (χ0) is 18.8. The first-order valence-corrected chi connectivity index (χ1v) is 8.83. The van der Waals surface area contributed by atoms with Gasteiger partial charge in [-0.15, -0.1) is 0 Å². The van der Waals surface area contributed by atoms with Crippen molar-refractivity contribution in [3.05, 3.63) is 58.6 Å². The highest BCUT2D eigenvalue weighted by molar-refractivity contribution is 6.31. The number of hydrogen-bond donors (Lipinski definition) is 0. The van der Waals surface area contributed by atoms with E-state index in [9.17, 15) is 9.59 Å². The number of benzene rings is 2. The van der Waals surface area contributed by atoms with Crippen molar-refractivity contribution in [1.29, 1.82) is 0 Å². The number of hydrogen-bond acceptors (Lipinski definition) is 3. The predicted octanol–water partition coefficient (Wildman–Crippen LogP) is 3.53. The molecule has 2 aromatic carbocycles. The van der Waals surface area contributed by atoms with Gasteiger partial charge in [0.1, 0.15) is 11.8 Å². The Morgan fingerprint density at radius 3 is 2.62 bits per heavy atom. The molecule has 1 atom stereocenters. The van der Waals surface area contributed by atoms with E-state index in [1.807, 2.05) is 25.1 Å². The van der Waals surface area contributed by atoms with Gasteiger partial charge in [-0.25, -0.2) is 0 Å². The predicted molar refractivity (Wildman–Crippen MR) is 102 cm³/mol. The fourth-order valence-electron chi connectivity index (χ4n) is 3.23. The van der Waals surface area contributed by atoms with E-state index in [-0.39, 0.29) is 11.8 Å². The second-order valence-corrected chi connectivity index (χ2v) is 6.73. The standard InChI is InChI=1S/C20H21ClN2O3/c1-13-6-4-5-7-16(13)20(25)22-10-11-23(19(24)14(22)2)17-12-15(21)8-9-18(17)26-3/h4-9,12,14H,10-11H2,1-3H3/t14-/m0/s1. The van der Waals surface area contributed by atoms with E-state index >= 15 is 0 Å². The second-order valence-electron chi connectivity index (χ2n) is 6.30. The van der Waals surface area contributed by atoms with E-state index in [1.165, 1.54) is 0 Å². The molecular weight excluding hydrogens is 352 g/mol. The molecule has 1 saturated heterocycles. The number of nitrogens with zero attached hydrogens (tertiary/aromatic N) is 2. The van der Waals surface area contributed by atoms with Crippen LogP contribution in [0.3, 0.4) is 0 Å². The smallest absolute Gasteiger partial charge is 0.254 e. The number of carbonyl (C=O) groups excluding carboxylic acids is 2. The molecule has 1 aliphatic heterocycles. The summed E-state index contributed by atoms with van der Waals surface area (Å²) in [5.74, 6) is 0.300. The number of halogens is 1. The number of amides is 2. The van der Waals surface area contributed by atoms with Gasteiger partial charge in [0.05, 0.1) is 12.8 Å². The molecule has 6 heteroatoms. The average molecular weight is 373 g/mol. The summed E-state index contributed by atoms with van der Waals surface area (Å²) in [5, 5.41) is 0.527. The van der Waals surface area contributed by atoms with Crippen LogP contribution in [-0.4, -0.2) is 43.0 Å². The Morgan fingerprint density at radius 1 is 1.19 bits per heavy atom. The van der Waals surface area contributed by atoms with Gasteiger partial charge in [-0.1, -0.05) is 29.8 Å². The Hall–Kier alpha value is -2.53. The quantitative estimate of drug-likeness (QED) is 0.828. The SMILES string of the molecule is COc1ccc(Cl)cc1N1CCN(C(=O)c2ccccc2C)[C@@H](C)C1=O. The highest BCUT2D eigenvalue weighted by atomic mass is 35.5. The summed E-state index contributed by atoms with van der Waals surface area (Å²) in [4.78, 5) is 29.1. The van der Waals surface area contributed by atoms with E-state index in [0.717, 1.165) is 5.56 Å². The summed E-state index contributed by atoms with van der Waals surface area (Å²) in [7, 11) is 1.55. The maximum atomic E-state index is 13.0. The van der Waals surface area contributed by atoms with Gasteiger partial charge in [0.15, 0.2) is 0 Å². The number of ether oxygens (including phenoxy) is 1. The van der Waals surface area contributed by atoms with Crippen LogP contribution in [0.15, 0.2) is 42.5 Å². The maximum Gasteiger partial charge on any atom is 0.254 e.